The monoisotopic (exact) mass is 376 g/mol. The lowest BCUT2D eigenvalue weighted by molar-refractivity contribution is -0.890. The SMILES string of the molecule is CCCCCCCCCCCC[N+](C)(C)CCOC(=O)CC(C)OP. The van der Waals surface area contributed by atoms with Crippen LogP contribution in [0.2, 0.25) is 0 Å². The second-order valence-electron chi connectivity index (χ2n) is 7.94. The molecule has 25 heavy (non-hydrogen) atoms. The molecule has 0 aromatic carbocycles. The van der Waals surface area contributed by atoms with Gasteiger partial charge in [-0.2, -0.15) is 0 Å². The third-order valence-corrected chi connectivity index (χ3v) is 5.23. The van der Waals surface area contributed by atoms with Gasteiger partial charge in [0.25, 0.3) is 0 Å². The number of ether oxygens (including phenoxy) is 1. The summed E-state index contributed by atoms with van der Waals surface area (Å²) in [7, 11) is 6.62. The smallest absolute Gasteiger partial charge is 0.308 e. The average molecular weight is 377 g/mol. The normalized spacial score (nSPS) is 13.0. The third-order valence-electron chi connectivity index (χ3n) is 4.76. The van der Waals surface area contributed by atoms with Crippen molar-refractivity contribution in [3.63, 3.8) is 0 Å². The van der Waals surface area contributed by atoms with Crippen molar-refractivity contribution in [3.05, 3.63) is 0 Å². The van der Waals surface area contributed by atoms with Crippen molar-refractivity contribution in [2.75, 3.05) is 33.8 Å². The molecule has 0 rings (SSSR count). The van der Waals surface area contributed by atoms with Gasteiger partial charge in [0.15, 0.2) is 0 Å². The van der Waals surface area contributed by atoms with E-state index in [1.54, 1.807) is 0 Å². The van der Waals surface area contributed by atoms with Gasteiger partial charge in [-0.1, -0.05) is 58.3 Å². The summed E-state index contributed by atoms with van der Waals surface area (Å²) in [5, 5.41) is 0. The molecule has 0 saturated heterocycles. The van der Waals surface area contributed by atoms with Crippen molar-refractivity contribution < 1.29 is 18.5 Å². The van der Waals surface area contributed by atoms with Gasteiger partial charge in [0.2, 0.25) is 0 Å². The minimum Gasteiger partial charge on any atom is -0.460 e. The second kappa shape index (κ2) is 16.0. The molecule has 0 aromatic rings. The van der Waals surface area contributed by atoms with Gasteiger partial charge in [-0.3, -0.25) is 4.79 Å². The van der Waals surface area contributed by atoms with Crippen molar-refractivity contribution in [1.29, 1.82) is 0 Å². The Morgan fingerprint density at radius 3 is 1.96 bits per heavy atom. The van der Waals surface area contributed by atoms with Crippen LogP contribution >= 0.6 is 9.47 Å². The van der Waals surface area contributed by atoms with E-state index < -0.39 is 0 Å². The summed E-state index contributed by atoms with van der Waals surface area (Å²) in [5.41, 5.74) is 0. The van der Waals surface area contributed by atoms with Gasteiger partial charge in [0.05, 0.1) is 33.2 Å². The number of unbranched alkanes of at least 4 members (excludes halogenated alkanes) is 9. The first-order valence-electron chi connectivity index (χ1n) is 10.2. The second-order valence-corrected chi connectivity index (χ2v) is 8.21. The van der Waals surface area contributed by atoms with E-state index in [-0.39, 0.29) is 12.1 Å². The Balaban J connectivity index is 3.53. The largest absolute Gasteiger partial charge is 0.460 e. The van der Waals surface area contributed by atoms with Crippen LogP contribution in [0, 0.1) is 0 Å². The zero-order valence-electron chi connectivity index (χ0n) is 17.2. The van der Waals surface area contributed by atoms with Gasteiger partial charge in [0.1, 0.15) is 13.2 Å². The molecule has 0 fully saturated rings. The Morgan fingerprint density at radius 1 is 0.920 bits per heavy atom. The minimum absolute atomic E-state index is 0.105. The van der Waals surface area contributed by atoms with E-state index in [2.05, 4.69) is 30.5 Å². The van der Waals surface area contributed by atoms with Crippen LogP contribution in [0.3, 0.4) is 0 Å². The molecule has 4 nitrogen and oxygen atoms in total. The molecule has 0 spiro atoms. The molecule has 2 atom stereocenters. The highest BCUT2D eigenvalue weighted by Crippen LogP contribution is 2.11. The van der Waals surface area contributed by atoms with Crippen LogP contribution in [0.25, 0.3) is 0 Å². The van der Waals surface area contributed by atoms with Crippen molar-refractivity contribution in [2.24, 2.45) is 0 Å². The summed E-state index contributed by atoms with van der Waals surface area (Å²) in [4.78, 5) is 11.6. The maximum absolute atomic E-state index is 11.6. The Morgan fingerprint density at radius 2 is 1.44 bits per heavy atom. The molecule has 0 bridgehead atoms. The fourth-order valence-electron chi connectivity index (χ4n) is 2.89. The van der Waals surface area contributed by atoms with Crippen LogP contribution in [-0.4, -0.2) is 50.3 Å². The number of rotatable bonds is 17. The van der Waals surface area contributed by atoms with Crippen LogP contribution in [0.4, 0.5) is 0 Å². The summed E-state index contributed by atoms with van der Waals surface area (Å²) in [6.45, 7) is 6.65. The Labute approximate surface area is 158 Å². The van der Waals surface area contributed by atoms with Crippen LogP contribution in [-0.2, 0) is 14.1 Å². The van der Waals surface area contributed by atoms with Gasteiger partial charge < -0.3 is 13.7 Å². The molecule has 2 unspecified atom stereocenters. The molecule has 5 heteroatoms. The first-order valence-corrected chi connectivity index (χ1v) is 10.7. The van der Waals surface area contributed by atoms with Gasteiger partial charge in [0, 0.05) is 9.47 Å². The first-order chi connectivity index (χ1) is 11.9. The lowest BCUT2D eigenvalue weighted by Gasteiger charge is -2.29. The summed E-state index contributed by atoms with van der Waals surface area (Å²) < 4.78 is 11.2. The number of nitrogens with zero attached hydrogens (tertiary/aromatic N) is 1. The van der Waals surface area contributed by atoms with Crippen LogP contribution in [0.5, 0.6) is 0 Å². The molecule has 0 aliphatic rings. The average Bonchev–Trinajstić information content (AvgIpc) is 2.56. The molecule has 0 heterocycles. The fraction of sp³-hybridized carbons (Fsp3) is 0.950. The van der Waals surface area contributed by atoms with Gasteiger partial charge in [-0.15, -0.1) is 0 Å². The van der Waals surface area contributed by atoms with E-state index in [4.69, 9.17) is 9.26 Å². The van der Waals surface area contributed by atoms with E-state index in [1.165, 1.54) is 64.2 Å². The maximum Gasteiger partial charge on any atom is 0.308 e. The Kier molecular flexibility index (Phi) is 15.9. The van der Waals surface area contributed by atoms with E-state index >= 15 is 0 Å². The maximum atomic E-state index is 11.6. The van der Waals surface area contributed by atoms with Gasteiger partial charge in [-0.25, -0.2) is 0 Å². The highest BCUT2D eigenvalue weighted by molar-refractivity contribution is 7.09. The Bertz CT molecular complexity index is 324. The van der Waals surface area contributed by atoms with E-state index in [1.807, 2.05) is 6.92 Å². The molecule has 0 radical (unpaired) electrons. The van der Waals surface area contributed by atoms with Crippen molar-refractivity contribution >= 4 is 15.4 Å². The molecule has 150 valence electrons. The fourth-order valence-corrected chi connectivity index (χ4v) is 2.98. The third kappa shape index (κ3) is 17.0. The zero-order chi connectivity index (χ0) is 19.0. The molecule has 0 aliphatic carbocycles. The molecular formula is C20H43NO3P+. The zero-order valence-corrected chi connectivity index (χ0v) is 18.4. The summed E-state index contributed by atoms with van der Waals surface area (Å²) in [6, 6.07) is 0. The lowest BCUT2D eigenvalue weighted by Crippen LogP contribution is -2.43. The lowest BCUT2D eigenvalue weighted by atomic mass is 10.1. The first kappa shape index (κ1) is 24.8. The number of carbonyl (C=O) groups excluding carboxylic acids is 1. The standard InChI is InChI=1S/C20H43NO3P/c1-5-6-7-8-9-10-11-12-13-14-15-21(3,4)16-17-23-20(22)18-19(2)24-25/h19H,5-18,25H2,1-4H3/q+1. The minimum atomic E-state index is -0.172. The predicted octanol–water partition coefficient (Wildman–Crippen LogP) is 5.11. The van der Waals surface area contributed by atoms with Crippen molar-refractivity contribution in [3.8, 4) is 0 Å². The molecule has 0 aliphatic heterocycles. The number of likely N-dealkylation sites (N-methyl/N-ethyl adjacent to an activating group) is 1. The van der Waals surface area contributed by atoms with E-state index in [0.29, 0.717) is 13.0 Å². The number of hydrogen-bond acceptors (Lipinski definition) is 3. The Hall–Kier alpha value is -0.180. The molecule has 0 amide bonds. The topological polar surface area (TPSA) is 35.5 Å². The predicted molar refractivity (Wildman–Crippen MR) is 110 cm³/mol. The molecular weight excluding hydrogens is 333 g/mol. The van der Waals surface area contributed by atoms with E-state index in [9.17, 15) is 4.79 Å². The highest BCUT2D eigenvalue weighted by Gasteiger charge is 2.16. The molecule has 0 saturated carbocycles. The van der Waals surface area contributed by atoms with Gasteiger partial charge in [-0.05, 0) is 19.8 Å². The summed E-state index contributed by atoms with van der Waals surface area (Å²) in [6.07, 6.45) is 13.9. The molecule has 0 N–H and O–H groups in total. The van der Waals surface area contributed by atoms with Crippen molar-refractivity contribution in [1.82, 2.24) is 0 Å². The number of hydrogen-bond donors (Lipinski definition) is 0. The van der Waals surface area contributed by atoms with Crippen LogP contribution in [0.15, 0.2) is 0 Å². The van der Waals surface area contributed by atoms with Crippen LogP contribution in [0.1, 0.15) is 84.5 Å². The quantitative estimate of drug-likeness (QED) is 0.153. The van der Waals surface area contributed by atoms with E-state index in [0.717, 1.165) is 17.6 Å². The number of carbonyl (C=O) groups is 1. The van der Waals surface area contributed by atoms with Crippen LogP contribution < -0.4 is 0 Å². The van der Waals surface area contributed by atoms with Crippen molar-refractivity contribution in [2.45, 2.75) is 90.6 Å². The number of quaternary nitrogens is 1. The molecule has 0 aromatic heterocycles. The summed E-state index contributed by atoms with van der Waals surface area (Å²) >= 11 is 0. The highest BCUT2D eigenvalue weighted by atomic mass is 31.0. The van der Waals surface area contributed by atoms with Gasteiger partial charge >= 0.3 is 5.97 Å². The number of esters is 1. The summed E-state index contributed by atoms with van der Waals surface area (Å²) in [5.74, 6) is -0.172.